The van der Waals surface area contributed by atoms with Crippen molar-refractivity contribution in [3.05, 3.63) is 24.0 Å². The zero-order chi connectivity index (χ0) is 11.5. The molecule has 0 spiro atoms. The van der Waals surface area contributed by atoms with Crippen molar-refractivity contribution in [1.29, 1.82) is 0 Å². The van der Waals surface area contributed by atoms with Gasteiger partial charge in [-0.25, -0.2) is 0 Å². The molecule has 5 nitrogen and oxygen atoms in total. The van der Waals surface area contributed by atoms with Crippen LogP contribution >= 0.6 is 0 Å². The number of hydrogen-bond donors (Lipinski definition) is 2. The molecule has 0 aliphatic heterocycles. The molecule has 0 atom stereocenters. The van der Waals surface area contributed by atoms with Crippen molar-refractivity contribution in [1.82, 2.24) is 10.1 Å². The van der Waals surface area contributed by atoms with Gasteiger partial charge in [0.15, 0.2) is 5.82 Å². The molecule has 0 amide bonds. The molecule has 0 aliphatic rings. The van der Waals surface area contributed by atoms with Gasteiger partial charge in [0.05, 0.1) is 0 Å². The first kappa shape index (κ1) is 10.5. The maximum absolute atomic E-state index is 9.60. The minimum absolute atomic E-state index is 0.0771. The molecule has 1 aromatic carbocycles. The van der Waals surface area contributed by atoms with E-state index in [0.29, 0.717) is 12.2 Å². The van der Waals surface area contributed by atoms with E-state index in [9.17, 15) is 10.2 Å². The van der Waals surface area contributed by atoms with E-state index in [1.54, 1.807) is 0 Å². The van der Waals surface area contributed by atoms with Crippen molar-refractivity contribution in [2.45, 2.75) is 19.8 Å². The molecule has 2 aromatic rings. The summed E-state index contributed by atoms with van der Waals surface area (Å²) in [5, 5.41) is 22.9. The fourth-order valence-electron chi connectivity index (χ4n) is 1.43. The van der Waals surface area contributed by atoms with Crippen LogP contribution in [-0.2, 0) is 6.42 Å². The minimum atomic E-state index is -0.0771. The SMILES string of the molecule is CCCc1noc(-c2c(O)cccc2O)n1. The summed E-state index contributed by atoms with van der Waals surface area (Å²) in [6.45, 7) is 2.01. The number of nitrogens with zero attached hydrogens (tertiary/aromatic N) is 2. The lowest BCUT2D eigenvalue weighted by atomic mass is 10.2. The number of hydrogen-bond acceptors (Lipinski definition) is 5. The first-order valence-corrected chi connectivity index (χ1v) is 5.06. The van der Waals surface area contributed by atoms with Crippen LogP contribution < -0.4 is 0 Å². The van der Waals surface area contributed by atoms with Gasteiger partial charge in [0.25, 0.3) is 5.89 Å². The van der Waals surface area contributed by atoms with Crippen molar-refractivity contribution in [2.75, 3.05) is 0 Å². The van der Waals surface area contributed by atoms with E-state index >= 15 is 0 Å². The predicted molar refractivity (Wildman–Crippen MR) is 57.1 cm³/mol. The molecule has 0 aliphatic carbocycles. The third-order valence-electron chi connectivity index (χ3n) is 2.18. The van der Waals surface area contributed by atoms with Crippen LogP contribution in [0.4, 0.5) is 0 Å². The Balaban J connectivity index is 2.42. The Bertz CT molecular complexity index is 473. The van der Waals surface area contributed by atoms with Gasteiger partial charge in [-0.2, -0.15) is 4.98 Å². The predicted octanol–water partition coefficient (Wildman–Crippen LogP) is 2.10. The Morgan fingerprint density at radius 2 is 1.94 bits per heavy atom. The zero-order valence-electron chi connectivity index (χ0n) is 8.84. The van der Waals surface area contributed by atoms with E-state index in [-0.39, 0.29) is 23.0 Å². The lowest BCUT2D eigenvalue weighted by Gasteiger charge is -2.00. The van der Waals surface area contributed by atoms with Crippen LogP contribution in [0.3, 0.4) is 0 Å². The van der Waals surface area contributed by atoms with Gasteiger partial charge in [-0.05, 0) is 18.6 Å². The van der Waals surface area contributed by atoms with Gasteiger partial charge in [0.2, 0.25) is 0 Å². The van der Waals surface area contributed by atoms with E-state index in [1.807, 2.05) is 6.92 Å². The largest absolute Gasteiger partial charge is 0.507 e. The van der Waals surface area contributed by atoms with E-state index in [2.05, 4.69) is 10.1 Å². The molecule has 0 saturated carbocycles. The first-order valence-electron chi connectivity index (χ1n) is 5.06. The molecule has 0 unspecified atom stereocenters. The minimum Gasteiger partial charge on any atom is -0.507 e. The van der Waals surface area contributed by atoms with E-state index in [0.717, 1.165) is 6.42 Å². The van der Waals surface area contributed by atoms with Crippen LogP contribution in [0.15, 0.2) is 22.7 Å². The van der Waals surface area contributed by atoms with E-state index < -0.39 is 0 Å². The second-order valence-electron chi connectivity index (χ2n) is 3.44. The topological polar surface area (TPSA) is 79.4 Å². The van der Waals surface area contributed by atoms with E-state index in [4.69, 9.17) is 4.52 Å². The maximum Gasteiger partial charge on any atom is 0.265 e. The molecule has 0 saturated heterocycles. The summed E-state index contributed by atoms with van der Waals surface area (Å²) < 4.78 is 4.98. The molecule has 16 heavy (non-hydrogen) atoms. The van der Waals surface area contributed by atoms with Crippen LogP contribution in [0.25, 0.3) is 11.5 Å². The second-order valence-corrected chi connectivity index (χ2v) is 3.44. The number of phenolic OH excluding ortho intramolecular Hbond substituents is 2. The lowest BCUT2D eigenvalue weighted by Crippen LogP contribution is -1.86. The zero-order valence-corrected chi connectivity index (χ0v) is 8.84. The summed E-state index contributed by atoms with van der Waals surface area (Å²) >= 11 is 0. The summed E-state index contributed by atoms with van der Waals surface area (Å²) in [5.74, 6) is 0.553. The Labute approximate surface area is 92.4 Å². The Hall–Kier alpha value is -2.04. The Kier molecular flexibility index (Phi) is 2.76. The highest BCUT2D eigenvalue weighted by atomic mass is 16.5. The van der Waals surface area contributed by atoms with Crippen molar-refractivity contribution in [3.63, 3.8) is 0 Å². The van der Waals surface area contributed by atoms with Crippen LogP contribution in [-0.4, -0.2) is 20.4 Å². The van der Waals surface area contributed by atoms with E-state index in [1.165, 1.54) is 18.2 Å². The molecule has 1 aromatic heterocycles. The van der Waals surface area contributed by atoms with Gasteiger partial charge in [-0.3, -0.25) is 0 Å². The van der Waals surface area contributed by atoms with Crippen molar-refractivity contribution < 1.29 is 14.7 Å². The molecular weight excluding hydrogens is 208 g/mol. The first-order chi connectivity index (χ1) is 7.72. The number of aromatic hydroxyl groups is 2. The molecule has 2 N–H and O–H groups in total. The molecule has 2 rings (SSSR count). The summed E-state index contributed by atoms with van der Waals surface area (Å²) in [6.07, 6.45) is 1.61. The molecule has 84 valence electrons. The molecule has 0 radical (unpaired) electrons. The molecule has 0 fully saturated rings. The second kappa shape index (κ2) is 4.22. The standard InChI is InChI=1S/C11H12N2O3/c1-2-4-9-12-11(16-13-9)10-7(14)5-3-6-8(10)15/h3,5-6,14-15H,2,4H2,1H3. The Morgan fingerprint density at radius 1 is 1.25 bits per heavy atom. The van der Waals surface area contributed by atoms with Crippen LogP contribution in [0.2, 0.25) is 0 Å². The monoisotopic (exact) mass is 220 g/mol. The van der Waals surface area contributed by atoms with Crippen molar-refractivity contribution in [3.8, 4) is 23.0 Å². The number of rotatable bonds is 3. The Morgan fingerprint density at radius 3 is 2.56 bits per heavy atom. The number of phenols is 2. The maximum atomic E-state index is 9.60. The van der Waals surface area contributed by atoms with Crippen molar-refractivity contribution in [2.24, 2.45) is 0 Å². The molecule has 0 bridgehead atoms. The highest BCUT2D eigenvalue weighted by molar-refractivity contribution is 5.69. The van der Waals surface area contributed by atoms with Gasteiger partial charge >= 0.3 is 0 Å². The van der Waals surface area contributed by atoms with Crippen LogP contribution in [0.1, 0.15) is 19.2 Å². The summed E-state index contributed by atoms with van der Waals surface area (Å²) in [4.78, 5) is 4.09. The molecule has 1 heterocycles. The third kappa shape index (κ3) is 1.84. The lowest BCUT2D eigenvalue weighted by molar-refractivity contribution is 0.409. The third-order valence-corrected chi connectivity index (χ3v) is 2.18. The molecular formula is C11H12N2O3. The smallest absolute Gasteiger partial charge is 0.265 e. The quantitative estimate of drug-likeness (QED) is 0.828. The average Bonchev–Trinajstić information content (AvgIpc) is 2.67. The highest BCUT2D eigenvalue weighted by Crippen LogP contribution is 2.35. The fraction of sp³-hybridized carbons (Fsp3) is 0.273. The fourth-order valence-corrected chi connectivity index (χ4v) is 1.43. The van der Waals surface area contributed by atoms with Gasteiger partial charge < -0.3 is 14.7 Å². The van der Waals surface area contributed by atoms with Crippen molar-refractivity contribution >= 4 is 0 Å². The normalized spacial score (nSPS) is 10.6. The van der Waals surface area contributed by atoms with Crippen LogP contribution in [0, 0.1) is 0 Å². The summed E-state index contributed by atoms with van der Waals surface area (Å²) in [7, 11) is 0. The highest BCUT2D eigenvalue weighted by Gasteiger charge is 2.16. The number of benzene rings is 1. The number of aromatic nitrogens is 2. The summed E-state index contributed by atoms with van der Waals surface area (Å²) in [5.41, 5.74) is 0.178. The average molecular weight is 220 g/mol. The van der Waals surface area contributed by atoms with Crippen LogP contribution in [0.5, 0.6) is 11.5 Å². The van der Waals surface area contributed by atoms with Gasteiger partial charge in [-0.15, -0.1) is 0 Å². The summed E-state index contributed by atoms with van der Waals surface area (Å²) in [6, 6.07) is 4.45. The van der Waals surface area contributed by atoms with Gasteiger partial charge in [0.1, 0.15) is 17.1 Å². The number of aryl methyl sites for hydroxylation is 1. The molecule has 5 heteroatoms. The van der Waals surface area contributed by atoms with Gasteiger partial charge in [0, 0.05) is 6.42 Å². The van der Waals surface area contributed by atoms with Gasteiger partial charge in [-0.1, -0.05) is 18.1 Å².